The smallest absolute Gasteiger partial charge is 0.348 e. The van der Waals surface area contributed by atoms with Gasteiger partial charge in [0.25, 0.3) is 6.01 Å². The van der Waals surface area contributed by atoms with E-state index in [1.54, 1.807) is 51.0 Å². The molecule has 2 N–H and O–H groups in total. The Morgan fingerprint density at radius 3 is 2.55 bits per heavy atom. The number of anilines is 2. The highest BCUT2D eigenvalue weighted by Crippen LogP contribution is 2.24. The van der Waals surface area contributed by atoms with Crippen LogP contribution in [0.1, 0.15) is 70.6 Å². The molecule has 0 saturated carbocycles. The number of hydrogen-bond donors (Lipinski definition) is 2. The molecule has 9 heteroatoms. The van der Waals surface area contributed by atoms with Crippen LogP contribution in [0.15, 0.2) is 45.7 Å². The highest BCUT2D eigenvalue weighted by Gasteiger charge is 2.32. The van der Waals surface area contributed by atoms with Crippen molar-refractivity contribution in [3.8, 4) is 0 Å². The number of carbonyl (C=O) groups excluding carboxylic acids is 2. The molecule has 9 nitrogen and oxygen atoms in total. The Balaban J connectivity index is 1.68. The van der Waals surface area contributed by atoms with Gasteiger partial charge in [0, 0.05) is 44.0 Å². The van der Waals surface area contributed by atoms with E-state index in [2.05, 4.69) is 27.5 Å². The summed E-state index contributed by atoms with van der Waals surface area (Å²) in [6, 6.07) is 9.06. The zero-order valence-corrected chi connectivity index (χ0v) is 23.1. The second-order valence-electron chi connectivity index (χ2n) is 10.2. The predicted molar refractivity (Wildman–Crippen MR) is 150 cm³/mol. The predicted octanol–water partition coefficient (Wildman–Crippen LogP) is 5.08. The quantitative estimate of drug-likeness (QED) is 0.301. The third-order valence-electron chi connectivity index (χ3n) is 6.57. The number of benzene rings is 1. The molecule has 204 valence electrons. The number of nitrogens with zero attached hydrogens (tertiary/aromatic N) is 3. The van der Waals surface area contributed by atoms with E-state index in [0.717, 1.165) is 31.4 Å². The Labute approximate surface area is 224 Å². The molecular formula is C29H39N5O4. The van der Waals surface area contributed by atoms with Gasteiger partial charge in [0.2, 0.25) is 11.8 Å². The summed E-state index contributed by atoms with van der Waals surface area (Å²) in [6.07, 6.45) is 8.13. The van der Waals surface area contributed by atoms with Gasteiger partial charge in [-0.05, 0) is 57.0 Å². The number of unbranched alkanes of at least 4 members (excludes halogenated alkanes) is 4. The second kappa shape index (κ2) is 13.2. The maximum Gasteiger partial charge on any atom is 0.348 e. The van der Waals surface area contributed by atoms with Crippen LogP contribution >= 0.6 is 0 Å². The van der Waals surface area contributed by atoms with Crippen LogP contribution in [0.5, 0.6) is 0 Å². The van der Waals surface area contributed by atoms with Crippen LogP contribution < -0.4 is 16.3 Å². The van der Waals surface area contributed by atoms with Crippen molar-refractivity contribution in [3.63, 3.8) is 0 Å². The monoisotopic (exact) mass is 521 g/mol. The average Bonchev–Trinajstić information content (AvgIpc) is 2.88. The van der Waals surface area contributed by atoms with Gasteiger partial charge in [-0.2, -0.15) is 4.98 Å². The molecule has 1 aromatic carbocycles. The largest absolute Gasteiger partial charge is 0.389 e. The van der Waals surface area contributed by atoms with Crippen molar-refractivity contribution >= 4 is 34.4 Å². The highest BCUT2D eigenvalue weighted by molar-refractivity contribution is 5.96. The topological polar surface area (TPSA) is 117 Å². The molecule has 0 fully saturated rings. The summed E-state index contributed by atoms with van der Waals surface area (Å²) >= 11 is 0. The van der Waals surface area contributed by atoms with E-state index < -0.39 is 11.2 Å². The van der Waals surface area contributed by atoms with Gasteiger partial charge in [0.1, 0.15) is 5.54 Å². The van der Waals surface area contributed by atoms with Crippen molar-refractivity contribution in [2.45, 2.75) is 78.2 Å². The molecule has 0 aliphatic carbocycles. The van der Waals surface area contributed by atoms with Gasteiger partial charge < -0.3 is 20.0 Å². The summed E-state index contributed by atoms with van der Waals surface area (Å²) in [7, 11) is 1.73. The first-order valence-corrected chi connectivity index (χ1v) is 13.3. The van der Waals surface area contributed by atoms with Crippen molar-refractivity contribution in [2.75, 3.05) is 24.2 Å². The second-order valence-corrected chi connectivity index (χ2v) is 10.2. The first kappa shape index (κ1) is 28.8. The molecule has 3 rings (SSSR count). The summed E-state index contributed by atoms with van der Waals surface area (Å²) in [5.41, 5.74) is 0.825. The molecule has 0 saturated heterocycles. The maximum absolute atomic E-state index is 13.1. The van der Waals surface area contributed by atoms with E-state index in [1.807, 2.05) is 18.2 Å². The number of hydrogen-bond acceptors (Lipinski definition) is 7. The molecule has 0 bridgehead atoms. The molecule has 0 radical (unpaired) electrons. The van der Waals surface area contributed by atoms with E-state index in [9.17, 15) is 14.4 Å². The molecule has 0 aliphatic heterocycles. The fourth-order valence-corrected chi connectivity index (χ4v) is 4.34. The van der Waals surface area contributed by atoms with Crippen molar-refractivity contribution in [3.05, 3.63) is 58.2 Å². The zero-order valence-electron chi connectivity index (χ0n) is 23.1. The number of rotatable bonds is 13. The van der Waals surface area contributed by atoms with Crippen LogP contribution in [-0.2, 0) is 16.0 Å². The van der Waals surface area contributed by atoms with Gasteiger partial charge in [0.05, 0.1) is 10.9 Å². The molecule has 2 amide bonds. The lowest BCUT2D eigenvalue weighted by molar-refractivity contribution is -0.133. The Bertz CT molecular complexity index is 1300. The van der Waals surface area contributed by atoms with Gasteiger partial charge in [-0.3, -0.25) is 14.6 Å². The molecule has 3 aromatic rings. The van der Waals surface area contributed by atoms with Crippen molar-refractivity contribution in [2.24, 2.45) is 0 Å². The number of likely N-dealkylation sites (N-methyl/N-ethyl adjacent to an activating group) is 1. The van der Waals surface area contributed by atoms with Crippen molar-refractivity contribution < 1.29 is 14.0 Å². The highest BCUT2D eigenvalue weighted by atomic mass is 16.4. The van der Waals surface area contributed by atoms with Crippen LogP contribution in [0.3, 0.4) is 0 Å². The van der Waals surface area contributed by atoms with Gasteiger partial charge in [0.15, 0.2) is 0 Å². The van der Waals surface area contributed by atoms with Gasteiger partial charge in [-0.1, -0.05) is 38.7 Å². The summed E-state index contributed by atoms with van der Waals surface area (Å²) in [6.45, 7) is 7.83. The zero-order chi connectivity index (χ0) is 27.7. The first-order chi connectivity index (χ1) is 18.1. The summed E-state index contributed by atoms with van der Waals surface area (Å²) in [5.74, 6) is -0.256. The molecule has 0 aliphatic rings. The lowest BCUT2D eigenvalue weighted by atomic mass is 10.0. The molecule has 38 heavy (non-hydrogen) atoms. The Kier molecular flexibility index (Phi) is 9.98. The van der Waals surface area contributed by atoms with Crippen LogP contribution in [0.25, 0.3) is 10.9 Å². The fourth-order valence-electron chi connectivity index (χ4n) is 4.34. The molecule has 0 atom stereocenters. The number of amides is 2. The standard InChI is InChI=1S/C29H39N5O4/c1-6-7-8-9-10-14-24(35)31-22-15-16-23-25(20(22)2)26(36)38-28(32-23)33-29(3,4)27(37)34(5)19-17-21-13-11-12-18-30-21/h11-13,15-16,18H,6-10,14,17,19H2,1-5H3,(H,31,35)(H,32,33). The molecular weight excluding hydrogens is 482 g/mol. The fraction of sp³-hybridized carbons (Fsp3) is 0.483. The number of carbonyl (C=O) groups is 2. The van der Waals surface area contributed by atoms with Gasteiger partial charge >= 0.3 is 5.63 Å². The number of fused-ring (bicyclic) bond motifs is 1. The van der Waals surface area contributed by atoms with Crippen LogP contribution in [0.4, 0.5) is 11.7 Å². The van der Waals surface area contributed by atoms with Crippen LogP contribution in [0, 0.1) is 6.92 Å². The minimum atomic E-state index is -1.07. The maximum atomic E-state index is 13.1. The molecule has 2 heterocycles. The minimum Gasteiger partial charge on any atom is -0.389 e. The lowest BCUT2D eigenvalue weighted by Crippen LogP contribution is -2.49. The minimum absolute atomic E-state index is 0.0396. The number of nitrogens with one attached hydrogen (secondary N) is 2. The summed E-state index contributed by atoms with van der Waals surface area (Å²) in [4.78, 5) is 48.8. The van der Waals surface area contributed by atoms with Crippen molar-refractivity contribution in [1.29, 1.82) is 0 Å². The van der Waals surface area contributed by atoms with E-state index >= 15 is 0 Å². The number of aromatic nitrogens is 2. The third kappa shape index (κ3) is 7.63. The first-order valence-electron chi connectivity index (χ1n) is 13.3. The lowest BCUT2D eigenvalue weighted by Gasteiger charge is -2.30. The van der Waals surface area contributed by atoms with Crippen molar-refractivity contribution in [1.82, 2.24) is 14.9 Å². The van der Waals surface area contributed by atoms with E-state index in [1.165, 1.54) is 6.42 Å². The van der Waals surface area contributed by atoms with E-state index in [-0.39, 0.29) is 17.8 Å². The Hall–Kier alpha value is -3.75. The molecule has 0 spiro atoms. The van der Waals surface area contributed by atoms with Crippen LogP contribution in [0.2, 0.25) is 0 Å². The molecule has 0 unspecified atom stereocenters. The number of aryl methyl sites for hydroxylation is 1. The normalized spacial score (nSPS) is 11.4. The third-order valence-corrected chi connectivity index (χ3v) is 6.57. The van der Waals surface area contributed by atoms with E-state index in [0.29, 0.717) is 41.5 Å². The number of pyridine rings is 1. The Morgan fingerprint density at radius 1 is 1.08 bits per heavy atom. The van der Waals surface area contributed by atoms with Crippen LogP contribution in [-0.4, -0.2) is 45.8 Å². The SMILES string of the molecule is CCCCCCCC(=O)Nc1ccc2nc(NC(C)(C)C(=O)N(C)CCc3ccccn3)oc(=O)c2c1C. The van der Waals surface area contributed by atoms with Gasteiger partial charge in [-0.15, -0.1) is 0 Å². The average molecular weight is 522 g/mol. The molecule has 2 aromatic heterocycles. The van der Waals surface area contributed by atoms with E-state index in [4.69, 9.17) is 4.42 Å². The Morgan fingerprint density at radius 2 is 1.84 bits per heavy atom. The summed E-state index contributed by atoms with van der Waals surface area (Å²) < 4.78 is 5.46. The van der Waals surface area contributed by atoms with Gasteiger partial charge in [-0.25, -0.2) is 4.79 Å². The summed E-state index contributed by atoms with van der Waals surface area (Å²) in [5, 5.41) is 6.19.